The Kier molecular flexibility index (Phi) is 7.94. The molecule has 2 aromatic rings. The van der Waals surface area contributed by atoms with Crippen LogP contribution in [-0.2, 0) is 10.0 Å². The van der Waals surface area contributed by atoms with E-state index in [4.69, 9.17) is 4.74 Å². The summed E-state index contributed by atoms with van der Waals surface area (Å²) in [4.78, 5) is 14.6. The maximum Gasteiger partial charge on any atom is 0.253 e. The second kappa shape index (κ2) is 10.5. The highest BCUT2D eigenvalue weighted by molar-refractivity contribution is 7.89. The Balaban J connectivity index is 2.01. The summed E-state index contributed by atoms with van der Waals surface area (Å²) in [6.07, 6.45) is 3.28. The average Bonchev–Trinajstić information content (AvgIpc) is 2.81. The number of carbonyl (C=O) groups excluding carboxylic acids is 1. The second-order valence-corrected chi connectivity index (χ2v) is 10.4. The van der Waals surface area contributed by atoms with E-state index in [9.17, 15) is 18.3 Å². The zero-order valence-electron chi connectivity index (χ0n) is 19.5. The van der Waals surface area contributed by atoms with Crippen molar-refractivity contribution >= 4 is 22.0 Å². The van der Waals surface area contributed by atoms with Gasteiger partial charge in [0, 0.05) is 31.1 Å². The number of hydrogen-bond acceptors (Lipinski definition) is 5. The summed E-state index contributed by atoms with van der Waals surface area (Å²) in [6, 6.07) is 13.4. The van der Waals surface area contributed by atoms with E-state index in [-0.39, 0.29) is 42.2 Å². The van der Waals surface area contributed by atoms with Crippen molar-refractivity contribution in [2.24, 2.45) is 5.92 Å². The Morgan fingerprint density at radius 1 is 1.27 bits per heavy atom. The quantitative estimate of drug-likeness (QED) is 0.697. The molecule has 0 fully saturated rings. The molecule has 3 atom stereocenters. The Bertz CT molecular complexity index is 1100. The van der Waals surface area contributed by atoms with Crippen LogP contribution in [-0.4, -0.2) is 67.5 Å². The molecule has 178 valence electrons. The SMILES string of the molecule is CC=Cc1ccc2c(c1)O[C@H](CN(C)C(=O)c1ccccc1)[C@@H](C)CN([C@H](C)CO)S2(=O)=O. The molecule has 1 aliphatic rings. The third-order valence-corrected chi connectivity index (χ3v) is 7.89. The van der Waals surface area contributed by atoms with E-state index in [0.29, 0.717) is 5.56 Å². The van der Waals surface area contributed by atoms with Crippen LogP contribution < -0.4 is 4.74 Å². The highest BCUT2D eigenvalue weighted by Gasteiger charge is 2.38. The summed E-state index contributed by atoms with van der Waals surface area (Å²) in [5.41, 5.74) is 1.39. The van der Waals surface area contributed by atoms with Crippen molar-refractivity contribution < 1.29 is 23.1 Å². The van der Waals surface area contributed by atoms with Crippen molar-refractivity contribution in [2.45, 2.75) is 37.8 Å². The van der Waals surface area contributed by atoms with Gasteiger partial charge in [-0.2, -0.15) is 4.31 Å². The Morgan fingerprint density at radius 2 is 1.97 bits per heavy atom. The molecule has 0 saturated heterocycles. The van der Waals surface area contributed by atoms with Gasteiger partial charge < -0.3 is 14.7 Å². The molecule has 0 bridgehead atoms. The van der Waals surface area contributed by atoms with Crippen LogP contribution in [0.3, 0.4) is 0 Å². The molecule has 1 amide bonds. The van der Waals surface area contributed by atoms with Gasteiger partial charge in [0.2, 0.25) is 10.0 Å². The van der Waals surface area contributed by atoms with E-state index in [1.807, 2.05) is 44.2 Å². The number of sulfonamides is 1. The molecule has 7 nitrogen and oxygen atoms in total. The fourth-order valence-electron chi connectivity index (χ4n) is 3.91. The van der Waals surface area contributed by atoms with Crippen LogP contribution in [0.5, 0.6) is 5.75 Å². The molecule has 0 aromatic heterocycles. The molecule has 2 aromatic carbocycles. The number of fused-ring (bicyclic) bond motifs is 1. The summed E-state index contributed by atoms with van der Waals surface area (Å²) in [6.45, 7) is 5.62. The van der Waals surface area contributed by atoms with Gasteiger partial charge in [0.05, 0.1) is 13.2 Å². The van der Waals surface area contributed by atoms with Crippen molar-refractivity contribution in [3.63, 3.8) is 0 Å². The summed E-state index contributed by atoms with van der Waals surface area (Å²) in [5.74, 6) is -0.124. The van der Waals surface area contributed by atoms with Crippen LogP contribution in [0.15, 0.2) is 59.5 Å². The van der Waals surface area contributed by atoms with Gasteiger partial charge in [-0.3, -0.25) is 4.79 Å². The van der Waals surface area contributed by atoms with Crippen LogP contribution in [0.25, 0.3) is 6.08 Å². The second-order valence-electron chi connectivity index (χ2n) is 8.50. The van der Waals surface area contributed by atoms with Crippen molar-refractivity contribution in [1.82, 2.24) is 9.21 Å². The zero-order valence-corrected chi connectivity index (χ0v) is 20.3. The van der Waals surface area contributed by atoms with Gasteiger partial charge in [0.1, 0.15) is 16.7 Å². The molecule has 1 aliphatic heterocycles. The van der Waals surface area contributed by atoms with Crippen LogP contribution in [0, 0.1) is 5.92 Å². The van der Waals surface area contributed by atoms with E-state index in [2.05, 4.69) is 0 Å². The highest BCUT2D eigenvalue weighted by Crippen LogP contribution is 2.34. The van der Waals surface area contributed by atoms with Gasteiger partial charge in [-0.05, 0) is 43.7 Å². The maximum absolute atomic E-state index is 13.5. The number of rotatable bonds is 6. The lowest BCUT2D eigenvalue weighted by Gasteiger charge is -2.37. The third kappa shape index (κ3) is 5.46. The van der Waals surface area contributed by atoms with Crippen LogP contribution in [0.1, 0.15) is 36.7 Å². The first kappa shape index (κ1) is 25.0. The van der Waals surface area contributed by atoms with Gasteiger partial charge in [-0.15, -0.1) is 0 Å². The number of amides is 1. The van der Waals surface area contributed by atoms with E-state index >= 15 is 0 Å². The molecule has 1 heterocycles. The first-order valence-corrected chi connectivity index (χ1v) is 12.5. The van der Waals surface area contributed by atoms with Crippen LogP contribution in [0.2, 0.25) is 0 Å². The number of allylic oxidation sites excluding steroid dienone is 1. The van der Waals surface area contributed by atoms with Crippen LogP contribution >= 0.6 is 0 Å². The van der Waals surface area contributed by atoms with E-state index in [1.165, 1.54) is 4.31 Å². The molecule has 0 unspecified atom stereocenters. The summed E-state index contributed by atoms with van der Waals surface area (Å²) < 4.78 is 34.6. The lowest BCUT2D eigenvalue weighted by molar-refractivity contribution is 0.0563. The summed E-state index contributed by atoms with van der Waals surface area (Å²) in [7, 11) is -2.17. The van der Waals surface area contributed by atoms with Gasteiger partial charge >= 0.3 is 0 Å². The third-order valence-electron chi connectivity index (χ3n) is 5.87. The minimum absolute atomic E-state index is 0.0602. The molecule has 1 N–H and O–H groups in total. The van der Waals surface area contributed by atoms with Gasteiger partial charge in [-0.1, -0.05) is 43.3 Å². The van der Waals surface area contributed by atoms with E-state index < -0.39 is 22.2 Å². The van der Waals surface area contributed by atoms with E-state index in [1.54, 1.807) is 49.2 Å². The minimum Gasteiger partial charge on any atom is -0.487 e. The fraction of sp³-hybridized carbons (Fsp3) is 0.400. The maximum atomic E-state index is 13.5. The number of aliphatic hydroxyl groups is 1. The monoisotopic (exact) mass is 472 g/mol. The first-order chi connectivity index (χ1) is 15.7. The van der Waals surface area contributed by atoms with Crippen molar-refractivity contribution in [2.75, 3.05) is 26.7 Å². The molecule has 0 saturated carbocycles. The average molecular weight is 473 g/mol. The van der Waals surface area contributed by atoms with Gasteiger partial charge in [0.25, 0.3) is 5.91 Å². The lowest BCUT2D eigenvalue weighted by atomic mass is 10.0. The predicted octanol–water partition coefficient (Wildman–Crippen LogP) is 3.26. The smallest absolute Gasteiger partial charge is 0.253 e. The standard InChI is InChI=1S/C25H32N2O5S/c1-5-9-20-12-13-24-22(14-20)32-23(16-26(4)25(29)21-10-7-6-8-11-21)18(2)15-27(19(3)17-28)33(24,30)31/h5-14,18-19,23,28H,15-17H2,1-4H3/t18-,19+,23+/m0/s1. The summed E-state index contributed by atoms with van der Waals surface area (Å²) in [5, 5.41) is 9.74. The number of benzene rings is 2. The number of likely N-dealkylation sites (N-methyl/N-ethyl adjacent to an activating group) is 1. The minimum atomic E-state index is -3.89. The molecule has 0 spiro atoms. The van der Waals surface area contributed by atoms with Gasteiger partial charge in [-0.25, -0.2) is 8.42 Å². The van der Waals surface area contributed by atoms with Crippen molar-refractivity contribution in [1.29, 1.82) is 0 Å². The molecule has 33 heavy (non-hydrogen) atoms. The zero-order chi connectivity index (χ0) is 24.2. The molecule has 8 heteroatoms. The largest absolute Gasteiger partial charge is 0.487 e. The predicted molar refractivity (Wildman–Crippen MR) is 129 cm³/mol. The molecular formula is C25H32N2O5S. The Labute approximate surface area is 196 Å². The molecule has 3 rings (SSSR count). The number of nitrogens with zero attached hydrogens (tertiary/aromatic N) is 2. The number of aliphatic hydroxyl groups excluding tert-OH is 1. The Morgan fingerprint density at radius 3 is 2.61 bits per heavy atom. The van der Waals surface area contributed by atoms with Crippen molar-refractivity contribution in [3.05, 3.63) is 65.7 Å². The number of hydrogen-bond donors (Lipinski definition) is 1. The highest BCUT2D eigenvalue weighted by atomic mass is 32.2. The molecule has 0 aliphatic carbocycles. The first-order valence-electron chi connectivity index (χ1n) is 11.1. The Hall–Kier alpha value is -2.68. The summed E-state index contributed by atoms with van der Waals surface area (Å²) >= 11 is 0. The number of ether oxygens (including phenoxy) is 1. The molecular weight excluding hydrogens is 440 g/mol. The fourth-order valence-corrected chi connectivity index (χ4v) is 5.74. The van der Waals surface area contributed by atoms with E-state index in [0.717, 1.165) is 5.56 Å². The molecule has 0 radical (unpaired) electrons. The normalized spacial score (nSPS) is 21.5. The lowest BCUT2D eigenvalue weighted by Crippen LogP contribution is -2.50. The van der Waals surface area contributed by atoms with Gasteiger partial charge in [0.15, 0.2) is 0 Å². The topological polar surface area (TPSA) is 87.2 Å². The van der Waals surface area contributed by atoms with Crippen molar-refractivity contribution in [3.8, 4) is 5.75 Å². The van der Waals surface area contributed by atoms with Crippen LogP contribution in [0.4, 0.5) is 0 Å². The number of carbonyl (C=O) groups is 1.